The van der Waals surface area contributed by atoms with E-state index in [0.29, 0.717) is 5.82 Å². The Morgan fingerprint density at radius 1 is 1.47 bits per heavy atom. The van der Waals surface area contributed by atoms with E-state index in [1.54, 1.807) is 0 Å². The lowest BCUT2D eigenvalue weighted by molar-refractivity contribution is -0.138. The van der Waals surface area contributed by atoms with E-state index in [9.17, 15) is 4.79 Å². The molecule has 2 N–H and O–H groups in total. The van der Waals surface area contributed by atoms with Crippen molar-refractivity contribution in [1.29, 1.82) is 0 Å². The molecule has 0 aromatic carbocycles. The smallest absolute Gasteiger partial charge is 0.326 e. The van der Waals surface area contributed by atoms with Crippen molar-refractivity contribution in [3.05, 3.63) is 17.5 Å². The Bertz CT molecular complexity index is 340. The summed E-state index contributed by atoms with van der Waals surface area (Å²) in [6.45, 7) is 3.63. The van der Waals surface area contributed by atoms with E-state index < -0.39 is 12.0 Å². The van der Waals surface area contributed by atoms with Gasteiger partial charge in [-0.3, -0.25) is 0 Å². The molecule has 1 aromatic heterocycles. The van der Waals surface area contributed by atoms with E-state index in [1.165, 1.54) is 12.4 Å². The monoisotopic (exact) mass is 229 g/mol. The molecule has 0 aliphatic rings. The lowest BCUT2D eigenvalue weighted by Crippen LogP contribution is -2.34. The van der Waals surface area contributed by atoms with Gasteiger partial charge in [-0.15, -0.1) is 0 Å². The summed E-state index contributed by atoms with van der Waals surface area (Å²) in [4.78, 5) is 18.6. The summed E-state index contributed by atoms with van der Waals surface area (Å²) < 4.78 is 0. The molecule has 0 aliphatic heterocycles. The first kappa shape index (κ1) is 11.7. The summed E-state index contributed by atoms with van der Waals surface area (Å²) in [7, 11) is 0. The van der Waals surface area contributed by atoms with Crippen LogP contribution in [0.5, 0.6) is 0 Å². The van der Waals surface area contributed by atoms with Crippen LogP contribution in [0.25, 0.3) is 0 Å². The zero-order valence-electron chi connectivity index (χ0n) is 8.44. The fourth-order valence-electron chi connectivity index (χ4n) is 1.06. The third-order valence-corrected chi connectivity index (χ3v) is 2.05. The van der Waals surface area contributed by atoms with Gasteiger partial charge in [0.15, 0.2) is 0 Å². The Morgan fingerprint density at radius 3 is 2.53 bits per heavy atom. The number of hydrogen-bond donors (Lipinski definition) is 2. The summed E-state index contributed by atoms with van der Waals surface area (Å²) in [5, 5.41) is 12.0. The average Bonchev–Trinajstić information content (AvgIpc) is 2.15. The molecule has 1 aromatic rings. The molecule has 0 fully saturated rings. The number of halogens is 1. The predicted octanol–water partition coefficient (Wildman–Crippen LogP) is 1.65. The molecule has 6 heteroatoms. The molecule has 0 bridgehead atoms. The van der Waals surface area contributed by atoms with Crippen molar-refractivity contribution in [2.24, 2.45) is 5.92 Å². The highest BCUT2D eigenvalue weighted by molar-refractivity contribution is 6.29. The Labute approximate surface area is 92.5 Å². The number of anilines is 1. The molecule has 1 atom stereocenters. The van der Waals surface area contributed by atoms with Gasteiger partial charge in [0, 0.05) is 0 Å². The SMILES string of the molecule is CC(C)C(Nc1cnc(Cl)cn1)C(=O)O. The zero-order valence-corrected chi connectivity index (χ0v) is 9.19. The van der Waals surface area contributed by atoms with Gasteiger partial charge >= 0.3 is 5.97 Å². The molecule has 0 spiro atoms. The molecule has 0 radical (unpaired) electrons. The number of rotatable bonds is 4. The number of aliphatic carboxylic acids is 1. The summed E-state index contributed by atoms with van der Waals surface area (Å²) in [6, 6.07) is -0.680. The fraction of sp³-hybridized carbons (Fsp3) is 0.444. The lowest BCUT2D eigenvalue weighted by atomic mass is 10.1. The third-order valence-electron chi connectivity index (χ3n) is 1.86. The van der Waals surface area contributed by atoms with Gasteiger partial charge in [-0.05, 0) is 5.92 Å². The second kappa shape index (κ2) is 4.93. The molecule has 1 heterocycles. The molecule has 1 unspecified atom stereocenters. The number of nitrogens with zero attached hydrogens (tertiary/aromatic N) is 2. The molecule has 0 saturated heterocycles. The van der Waals surface area contributed by atoms with Crippen LogP contribution in [0.4, 0.5) is 5.82 Å². The minimum atomic E-state index is -0.915. The lowest BCUT2D eigenvalue weighted by Gasteiger charge is -2.17. The topological polar surface area (TPSA) is 75.1 Å². The normalized spacial score (nSPS) is 12.5. The minimum absolute atomic E-state index is 0.0417. The molecular formula is C9H12ClN3O2. The van der Waals surface area contributed by atoms with Crippen molar-refractivity contribution in [2.75, 3.05) is 5.32 Å². The van der Waals surface area contributed by atoms with E-state index in [2.05, 4.69) is 15.3 Å². The first-order chi connectivity index (χ1) is 7.00. The van der Waals surface area contributed by atoms with Gasteiger partial charge in [0.25, 0.3) is 0 Å². The Kier molecular flexibility index (Phi) is 3.85. The number of nitrogens with one attached hydrogen (secondary N) is 1. The highest BCUT2D eigenvalue weighted by Crippen LogP contribution is 2.11. The van der Waals surface area contributed by atoms with Gasteiger partial charge in [0.2, 0.25) is 0 Å². The van der Waals surface area contributed by atoms with Crippen molar-refractivity contribution < 1.29 is 9.90 Å². The van der Waals surface area contributed by atoms with Crippen LogP contribution in [-0.2, 0) is 4.79 Å². The number of carboxylic acid groups (broad SMARTS) is 1. The Hall–Kier alpha value is -1.36. The molecular weight excluding hydrogens is 218 g/mol. The first-order valence-electron chi connectivity index (χ1n) is 4.47. The number of aromatic nitrogens is 2. The summed E-state index contributed by atoms with van der Waals surface area (Å²) in [5.41, 5.74) is 0. The maximum absolute atomic E-state index is 10.9. The predicted molar refractivity (Wildman–Crippen MR) is 56.9 cm³/mol. The van der Waals surface area contributed by atoms with Crippen LogP contribution in [0, 0.1) is 5.92 Å². The van der Waals surface area contributed by atoms with Gasteiger partial charge in [-0.1, -0.05) is 25.4 Å². The van der Waals surface area contributed by atoms with E-state index in [0.717, 1.165) is 0 Å². The van der Waals surface area contributed by atoms with Crippen LogP contribution in [0.15, 0.2) is 12.4 Å². The Morgan fingerprint density at radius 2 is 2.13 bits per heavy atom. The van der Waals surface area contributed by atoms with Gasteiger partial charge in [-0.2, -0.15) is 0 Å². The number of hydrogen-bond acceptors (Lipinski definition) is 4. The van der Waals surface area contributed by atoms with Gasteiger partial charge in [0.1, 0.15) is 17.0 Å². The fourth-order valence-corrected chi connectivity index (χ4v) is 1.16. The molecule has 15 heavy (non-hydrogen) atoms. The van der Waals surface area contributed by atoms with Crippen LogP contribution in [0.3, 0.4) is 0 Å². The molecule has 0 amide bonds. The molecule has 1 rings (SSSR count). The van der Waals surface area contributed by atoms with Gasteiger partial charge in [-0.25, -0.2) is 14.8 Å². The average molecular weight is 230 g/mol. The molecule has 0 saturated carbocycles. The standard InChI is InChI=1S/C9H12ClN3O2/c1-5(2)8(9(14)15)13-7-4-11-6(10)3-12-7/h3-5,8H,1-2H3,(H,12,13)(H,14,15). The highest BCUT2D eigenvalue weighted by atomic mass is 35.5. The van der Waals surface area contributed by atoms with E-state index in [-0.39, 0.29) is 11.1 Å². The van der Waals surface area contributed by atoms with Gasteiger partial charge in [0.05, 0.1) is 12.4 Å². The quantitative estimate of drug-likeness (QED) is 0.821. The maximum atomic E-state index is 10.9. The summed E-state index contributed by atoms with van der Waals surface area (Å²) >= 11 is 5.56. The Balaban J connectivity index is 2.74. The molecule has 0 aliphatic carbocycles. The minimum Gasteiger partial charge on any atom is -0.480 e. The third kappa shape index (κ3) is 3.36. The second-order valence-electron chi connectivity index (χ2n) is 3.43. The van der Waals surface area contributed by atoms with Crippen molar-refractivity contribution in [1.82, 2.24) is 9.97 Å². The summed E-state index contributed by atoms with van der Waals surface area (Å²) in [5.74, 6) is -0.553. The van der Waals surface area contributed by atoms with E-state index >= 15 is 0 Å². The first-order valence-corrected chi connectivity index (χ1v) is 4.85. The van der Waals surface area contributed by atoms with E-state index in [4.69, 9.17) is 16.7 Å². The highest BCUT2D eigenvalue weighted by Gasteiger charge is 2.21. The van der Waals surface area contributed by atoms with Gasteiger partial charge < -0.3 is 10.4 Å². The summed E-state index contributed by atoms with van der Waals surface area (Å²) in [6.07, 6.45) is 2.77. The van der Waals surface area contributed by atoms with Crippen LogP contribution in [-0.4, -0.2) is 27.1 Å². The van der Waals surface area contributed by atoms with E-state index in [1.807, 2.05) is 13.8 Å². The zero-order chi connectivity index (χ0) is 11.4. The van der Waals surface area contributed by atoms with Crippen molar-refractivity contribution in [3.8, 4) is 0 Å². The molecule has 5 nitrogen and oxygen atoms in total. The largest absolute Gasteiger partial charge is 0.480 e. The molecule has 82 valence electrons. The second-order valence-corrected chi connectivity index (χ2v) is 3.82. The van der Waals surface area contributed by atoms with Crippen LogP contribution >= 0.6 is 11.6 Å². The van der Waals surface area contributed by atoms with Crippen molar-refractivity contribution in [3.63, 3.8) is 0 Å². The number of carbonyl (C=O) groups is 1. The van der Waals surface area contributed by atoms with Crippen molar-refractivity contribution >= 4 is 23.4 Å². The number of carboxylic acids is 1. The van der Waals surface area contributed by atoms with Crippen LogP contribution in [0.1, 0.15) is 13.8 Å². The maximum Gasteiger partial charge on any atom is 0.326 e. The van der Waals surface area contributed by atoms with Crippen LogP contribution in [0.2, 0.25) is 5.15 Å². The van der Waals surface area contributed by atoms with Crippen LogP contribution < -0.4 is 5.32 Å². The van der Waals surface area contributed by atoms with Crippen molar-refractivity contribution in [2.45, 2.75) is 19.9 Å².